The van der Waals surface area contributed by atoms with Gasteiger partial charge in [-0.2, -0.15) is 0 Å². The van der Waals surface area contributed by atoms with Gasteiger partial charge in [-0.05, 0) is 19.1 Å². The zero-order chi connectivity index (χ0) is 13.8. The molecule has 0 aliphatic carbocycles. The summed E-state index contributed by atoms with van der Waals surface area (Å²) < 4.78 is 5.45. The summed E-state index contributed by atoms with van der Waals surface area (Å²) >= 11 is 11.8. The molecular weight excluding hydrogens is 287 g/mol. The van der Waals surface area contributed by atoms with E-state index < -0.39 is 0 Å². The van der Waals surface area contributed by atoms with Crippen LogP contribution in [0.5, 0.6) is 5.75 Å². The van der Waals surface area contributed by atoms with Crippen molar-refractivity contribution in [3.8, 4) is 5.75 Å². The minimum absolute atomic E-state index is 0.0234. The second-order valence-corrected chi connectivity index (χ2v) is 5.35. The third-order valence-corrected chi connectivity index (χ3v) is 3.61. The number of amides is 1. The molecular formula is C13H16Cl2N2O2. The van der Waals surface area contributed by atoms with E-state index >= 15 is 0 Å². The maximum atomic E-state index is 12.1. The number of carbonyl (C=O) groups is 1. The number of hydrogen-bond acceptors (Lipinski definition) is 3. The van der Waals surface area contributed by atoms with Crippen molar-refractivity contribution in [3.63, 3.8) is 0 Å². The van der Waals surface area contributed by atoms with Crippen LogP contribution in [0, 0.1) is 0 Å². The fraction of sp³-hybridized carbons (Fsp3) is 0.462. The third-order valence-electron chi connectivity index (χ3n) is 3.07. The van der Waals surface area contributed by atoms with Crippen LogP contribution in [-0.2, 0) is 4.79 Å². The van der Waals surface area contributed by atoms with E-state index in [1.54, 1.807) is 18.2 Å². The smallest absolute Gasteiger partial charge is 0.260 e. The summed E-state index contributed by atoms with van der Waals surface area (Å²) in [5, 5.41) is 4.22. The molecule has 0 spiro atoms. The fourth-order valence-corrected chi connectivity index (χ4v) is 2.36. The Balaban J connectivity index is 1.94. The van der Waals surface area contributed by atoms with E-state index in [0.29, 0.717) is 22.3 Å². The standard InChI is InChI=1S/C13H16Cl2N2O2/c1-9-7-16-4-5-17(9)13(18)8-19-12-6-10(14)2-3-11(12)15/h2-3,6,9,16H,4-5,7-8H2,1H3. The molecule has 1 N–H and O–H groups in total. The largest absolute Gasteiger partial charge is 0.482 e. The summed E-state index contributed by atoms with van der Waals surface area (Å²) in [6.07, 6.45) is 0. The predicted octanol–water partition coefficient (Wildman–Crippen LogP) is 2.19. The van der Waals surface area contributed by atoms with Gasteiger partial charge in [0.05, 0.1) is 5.02 Å². The number of carbonyl (C=O) groups excluding carboxylic acids is 1. The molecule has 1 aromatic carbocycles. The predicted molar refractivity (Wildman–Crippen MR) is 76.0 cm³/mol. The molecule has 1 saturated heterocycles. The lowest BCUT2D eigenvalue weighted by Crippen LogP contribution is -2.53. The Labute approximate surface area is 122 Å². The fourth-order valence-electron chi connectivity index (χ4n) is 2.02. The first-order chi connectivity index (χ1) is 9.08. The molecule has 1 atom stereocenters. The zero-order valence-electron chi connectivity index (χ0n) is 10.7. The maximum absolute atomic E-state index is 12.1. The molecule has 1 aliphatic heterocycles. The molecule has 1 aliphatic rings. The van der Waals surface area contributed by atoms with Crippen LogP contribution in [0.3, 0.4) is 0 Å². The number of piperazine rings is 1. The van der Waals surface area contributed by atoms with Gasteiger partial charge in [0.2, 0.25) is 0 Å². The lowest BCUT2D eigenvalue weighted by molar-refractivity contribution is -0.136. The average molecular weight is 303 g/mol. The van der Waals surface area contributed by atoms with E-state index in [2.05, 4.69) is 5.32 Å². The van der Waals surface area contributed by atoms with E-state index in [0.717, 1.165) is 13.1 Å². The van der Waals surface area contributed by atoms with Crippen LogP contribution < -0.4 is 10.1 Å². The first kappa shape index (κ1) is 14.4. The van der Waals surface area contributed by atoms with Crippen molar-refractivity contribution in [2.45, 2.75) is 13.0 Å². The molecule has 1 aromatic rings. The van der Waals surface area contributed by atoms with E-state index in [9.17, 15) is 4.79 Å². The Hall–Kier alpha value is -0.970. The van der Waals surface area contributed by atoms with Crippen molar-refractivity contribution in [2.75, 3.05) is 26.2 Å². The lowest BCUT2D eigenvalue weighted by atomic mass is 10.2. The van der Waals surface area contributed by atoms with E-state index in [-0.39, 0.29) is 18.6 Å². The van der Waals surface area contributed by atoms with Gasteiger partial charge in [0.25, 0.3) is 5.91 Å². The molecule has 0 radical (unpaired) electrons. The Kier molecular flexibility index (Phi) is 4.91. The Morgan fingerprint density at radius 2 is 2.32 bits per heavy atom. The second-order valence-electron chi connectivity index (χ2n) is 4.50. The molecule has 1 unspecified atom stereocenters. The Morgan fingerprint density at radius 1 is 1.53 bits per heavy atom. The molecule has 6 heteroatoms. The number of hydrogen-bond donors (Lipinski definition) is 1. The highest BCUT2D eigenvalue weighted by Crippen LogP contribution is 2.27. The van der Waals surface area contributed by atoms with Crippen molar-refractivity contribution in [2.24, 2.45) is 0 Å². The van der Waals surface area contributed by atoms with Crippen molar-refractivity contribution in [1.29, 1.82) is 0 Å². The highest BCUT2D eigenvalue weighted by atomic mass is 35.5. The summed E-state index contributed by atoms with van der Waals surface area (Å²) in [4.78, 5) is 13.9. The Bertz CT molecular complexity index is 468. The first-order valence-electron chi connectivity index (χ1n) is 6.16. The number of rotatable bonds is 3. The van der Waals surface area contributed by atoms with Crippen LogP contribution in [0.15, 0.2) is 18.2 Å². The molecule has 1 heterocycles. The SMILES string of the molecule is CC1CNCCN1C(=O)COc1cc(Cl)ccc1Cl. The molecule has 0 aromatic heterocycles. The van der Waals surface area contributed by atoms with Crippen molar-refractivity contribution >= 4 is 29.1 Å². The average Bonchev–Trinajstić information content (AvgIpc) is 2.40. The van der Waals surface area contributed by atoms with E-state index in [4.69, 9.17) is 27.9 Å². The molecule has 1 amide bonds. The number of halogens is 2. The van der Waals surface area contributed by atoms with Gasteiger partial charge in [0.1, 0.15) is 5.75 Å². The van der Waals surface area contributed by atoms with Crippen molar-refractivity contribution in [3.05, 3.63) is 28.2 Å². The molecule has 2 rings (SSSR count). The van der Waals surface area contributed by atoms with Crippen LogP contribution in [0.25, 0.3) is 0 Å². The third kappa shape index (κ3) is 3.75. The van der Waals surface area contributed by atoms with Crippen LogP contribution >= 0.6 is 23.2 Å². The molecule has 1 fully saturated rings. The summed E-state index contributed by atoms with van der Waals surface area (Å²) in [6, 6.07) is 5.12. The topological polar surface area (TPSA) is 41.6 Å². The number of ether oxygens (including phenoxy) is 1. The summed E-state index contributed by atoms with van der Waals surface area (Å²) in [7, 11) is 0. The van der Waals surface area contributed by atoms with Gasteiger partial charge >= 0.3 is 0 Å². The minimum atomic E-state index is -0.0370. The summed E-state index contributed by atoms with van der Waals surface area (Å²) in [5.41, 5.74) is 0. The zero-order valence-corrected chi connectivity index (χ0v) is 12.2. The van der Waals surface area contributed by atoms with E-state index in [1.165, 1.54) is 0 Å². The van der Waals surface area contributed by atoms with Gasteiger partial charge in [0.15, 0.2) is 6.61 Å². The van der Waals surface area contributed by atoms with Gasteiger partial charge < -0.3 is 15.0 Å². The number of nitrogens with zero attached hydrogens (tertiary/aromatic N) is 1. The molecule has 4 nitrogen and oxygen atoms in total. The second kappa shape index (κ2) is 6.46. The monoisotopic (exact) mass is 302 g/mol. The highest BCUT2D eigenvalue weighted by molar-refractivity contribution is 6.34. The lowest BCUT2D eigenvalue weighted by Gasteiger charge is -2.33. The van der Waals surface area contributed by atoms with Gasteiger partial charge in [-0.15, -0.1) is 0 Å². The van der Waals surface area contributed by atoms with Crippen LogP contribution in [0.1, 0.15) is 6.92 Å². The first-order valence-corrected chi connectivity index (χ1v) is 6.91. The molecule has 0 saturated carbocycles. The van der Waals surface area contributed by atoms with E-state index in [1.807, 2.05) is 11.8 Å². The number of benzene rings is 1. The molecule has 19 heavy (non-hydrogen) atoms. The maximum Gasteiger partial charge on any atom is 0.260 e. The van der Waals surface area contributed by atoms with Gasteiger partial charge in [-0.25, -0.2) is 0 Å². The normalized spacial score (nSPS) is 19.3. The summed E-state index contributed by atoms with van der Waals surface area (Å²) in [5.74, 6) is 0.398. The van der Waals surface area contributed by atoms with Crippen LogP contribution in [0.4, 0.5) is 0 Å². The summed E-state index contributed by atoms with van der Waals surface area (Å²) in [6.45, 7) is 4.31. The van der Waals surface area contributed by atoms with Gasteiger partial charge in [-0.1, -0.05) is 23.2 Å². The molecule has 0 bridgehead atoms. The number of nitrogens with one attached hydrogen (secondary N) is 1. The van der Waals surface area contributed by atoms with Crippen LogP contribution in [-0.4, -0.2) is 43.1 Å². The van der Waals surface area contributed by atoms with Crippen LogP contribution in [0.2, 0.25) is 10.0 Å². The van der Waals surface area contributed by atoms with Gasteiger partial charge in [0, 0.05) is 36.8 Å². The minimum Gasteiger partial charge on any atom is -0.482 e. The molecule has 104 valence electrons. The van der Waals surface area contributed by atoms with Crippen molar-refractivity contribution in [1.82, 2.24) is 10.2 Å². The Morgan fingerprint density at radius 3 is 3.05 bits per heavy atom. The highest BCUT2D eigenvalue weighted by Gasteiger charge is 2.23. The van der Waals surface area contributed by atoms with Crippen molar-refractivity contribution < 1.29 is 9.53 Å². The quantitative estimate of drug-likeness (QED) is 0.930. The van der Waals surface area contributed by atoms with Gasteiger partial charge in [-0.3, -0.25) is 4.79 Å².